The van der Waals surface area contributed by atoms with Gasteiger partial charge in [0.15, 0.2) is 0 Å². The molecule has 0 aliphatic rings. The number of para-hydroxylation sites is 2. The number of hydrogen-bond donors (Lipinski definition) is 2. The topological polar surface area (TPSA) is 49.8 Å². The number of aromatic nitrogens is 2. The van der Waals surface area contributed by atoms with Crippen molar-refractivity contribution in [3.05, 3.63) is 34.7 Å². The van der Waals surface area contributed by atoms with E-state index in [1.54, 1.807) is 4.57 Å². The van der Waals surface area contributed by atoms with Gasteiger partial charge in [0.05, 0.1) is 11.0 Å². The summed E-state index contributed by atoms with van der Waals surface area (Å²) in [5, 5.41) is 3.02. The number of imidazole rings is 1. The van der Waals surface area contributed by atoms with Gasteiger partial charge in [0.25, 0.3) is 0 Å². The Hall–Kier alpha value is -1.26. The smallest absolute Gasteiger partial charge is 0.318 e. The predicted octanol–water partition coefficient (Wildman–Crippen LogP) is 0.971. The van der Waals surface area contributed by atoms with Crippen molar-refractivity contribution in [3.8, 4) is 0 Å². The van der Waals surface area contributed by atoms with Crippen molar-refractivity contribution in [2.24, 2.45) is 0 Å². The Morgan fingerprint density at radius 2 is 2.13 bits per heavy atom. The molecule has 15 heavy (non-hydrogen) atoms. The fourth-order valence-electron chi connectivity index (χ4n) is 1.55. The first-order valence-corrected chi connectivity index (χ1v) is 4.65. The van der Waals surface area contributed by atoms with Crippen LogP contribution >= 0.6 is 12.4 Å². The van der Waals surface area contributed by atoms with Crippen LogP contribution in [0.5, 0.6) is 0 Å². The number of benzene rings is 1. The summed E-state index contributed by atoms with van der Waals surface area (Å²) in [5.74, 6) is 0. The number of rotatable bonds is 3. The monoisotopic (exact) mass is 227 g/mol. The fraction of sp³-hybridized carbons (Fsp3) is 0.300. The van der Waals surface area contributed by atoms with Crippen molar-refractivity contribution >= 4 is 23.4 Å². The summed E-state index contributed by atoms with van der Waals surface area (Å²) >= 11 is 0. The Kier molecular flexibility index (Phi) is 3.94. The summed E-state index contributed by atoms with van der Waals surface area (Å²) in [4.78, 5) is 14.3. The van der Waals surface area contributed by atoms with Gasteiger partial charge in [-0.2, -0.15) is 0 Å². The molecule has 2 aromatic rings. The van der Waals surface area contributed by atoms with Crippen molar-refractivity contribution in [3.63, 3.8) is 0 Å². The molecule has 0 aliphatic carbocycles. The second-order valence-corrected chi connectivity index (χ2v) is 3.20. The zero-order valence-corrected chi connectivity index (χ0v) is 9.30. The number of likely N-dealkylation sites (N-methyl/N-ethyl adjacent to an activating group) is 1. The molecular formula is C10H14ClN3O. The molecule has 0 aliphatic heterocycles. The van der Waals surface area contributed by atoms with E-state index in [1.807, 2.05) is 31.3 Å². The van der Waals surface area contributed by atoms with Crippen LogP contribution in [0.25, 0.3) is 11.0 Å². The van der Waals surface area contributed by atoms with Gasteiger partial charge in [-0.15, -0.1) is 12.4 Å². The van der Waals surface area contributed by atoms with E-state index >= 15 is 0 Å². The number of fused-ring (bicyclic) bond motifs is 1. The minimum atomic E-state index is -0.0403. The van der Waals surface area contributed by atoms with Crippen molar-refractivity contribution < 1.29 is 0 Å². The maximum Gasteiger partial charge on any atom is 0.326 e. The highest BCUT2D eigenvalue weighted by Gasteiger charge is 2.03. The quantitative estimate of drug-likeness (QED) is 0.821. The molecule has 2 N–H and O–H groups in total. The molecule has 0 saturated carbocycles. The summed E-state index contributed by atoms with van der Waals surface area (Å²) in [6.07, 6.45) is 0. The lowest BCUT2D eigenvalue weighted by molar-refractivity contribution is 0.642. The molecule has 0 bridgehead atoms. The van der Waals surface area contributed by atoms with E-state index in [0.717, 1.165) is 17.6 Å². The lowest BCUT2D eigenvalue weighted by Crippen LogP contribution is -2.23. The van der Waals surface area contributed by atoms with Crippen LogP contribution < -0.4 is 11.0 Å². The van der Waals surface area contributed by atoms with Crippen LogP contribution in [0.1, 0.15) is 0 Å². The van der Waals surface area contributed by atoms with Gasteiger partial charge in [0.1, 0.15) is 0 Å². The summed E-state index contributed by atoms with van der Waals surface area (Å²) < 4.78 is 1.74. The molecule has 0 spiro atoms. The largest absolute Gasteiger partial charge is 0.326 e. The van der Waals surface area contributed by atoms with Crippen LogP contribution in [0.15, 0.2) is 29.1 Å². The van der Waals surface area contributed by atoms with Gasteiger partial charge in [-0.05, 0) is 19.2 Å². The molecule has 2 rings (SSSR count). The van der Waals surface area contributed by atoms with Crippen LogP contribution in [0, 0.1) is 0 Å². The van der Waals surface area contributed by atoms with E-state index in [0.29, 0.717) is 6.54 Å². The standard InChI is InChI=1S/C10H13N3O.ClH/c1-11-6-7-13-9-5-3-2-4-8(9)12-10(13)14;/h2-5,11H,6-7H2,1H3,(H,12,14);1H. The molecule has 0 unspecified atom stereocenters. The maximum absolute atomic E-state index is 11.5. The highest BCUT2D eigenvalue weighted by molar-refractivity contribution is 5.85. The van der Waals surface area contributed by atoms with E-state index in [9.17, 15) is 4.79 Å². The Morgan fingerprint density at radius 3 is 2.87 bits per heavy atom. The zero-order valence-electron chi connectivity index (χ0n) is 8.49. The minimum Gasteiger partial charge on any atom is -0.318 e. The lowest BCUT2D eigenvalue weighted by Gasteiger charge is -2.01. The van der Waals surface area contributed by atoms with E-state index in [2.05, 4.69) is 10.3 Å². The Labute approximate surface area is 93.7 Å². The van der Waals surface area contributed by atoms with Crippen molar-refractivity contribution in [1.29, 1.82) is 0 Å². The minimum absolute atomic E-state index is 0. The third-order valence-corrected chi connectivity index (χ3v) is 2.27. The molecule has 5 heteroatoms. The number of hydrogen-bond acceptors (Lipinski definition) is 2. The van der Waals surface area contributed by atoms with Gasteiger partial charge in [-0.25, -0.2) is 4.79 Å². The third kappa shape index (κ3) is 2.22. The SMILES string of the molecule is CNCCn1c(=O)[nH]c2ccccc21.Cl. The average molecular weight is 228 g/mol. The molecule has 1 aromatic carbocycles. The Bertz CT molecular complexity index is 489. The van der Waals surface area contributed by atoms with Crippen LogP contribution in [-0.2, 0) is 6.54 Å². The van der Waals surface area contributed by atoms with E-state index in [4.69, 9.17) is 0 Å². The van der Waals surface area contributed by atoms with Crippen LogP contribution in [-0.4, -0.2) is 23.1 Å². The highest BCUT2D eigenvalue weighted by Crippen LogP contribution is 2.07. The Balaban J connectivity index is 0.00000112. The summed E-state index contributed by atoms with van der Waals surface area (Å²) in [6.45, 7) is 1.49. The van der Waals surface area contributed by atoms with Crippen LogP contribution in [0.2, 0.25) is 0 Å². The van der Waals surface area contributed by atoms with Gasteiger partial charge in [0.2, 0.25) is 0 Å². The first-order valence-electron chi connectivity index (χ1n) is 4.65. The van der Waals surface area contributed by atoms with E-state index < -0.39 is 0 Å². The fourth-order valence-corrected chi connectivity index (χ4v) is 1.55. The molecule has 82 valence electrons. The number of halogens is 1. The first-order chi connectivity index (χ1) is 6.83. The normalized spacial score (nSPS) is 10.2. The third-order valence-electron chi connectivity index (χ3n) is 2.27. The lowest BCUT2D eigenvalue weighted by atomic mass is 10.3. The van der Waals surface area contributed by atoms with E-state index in [1.165, 1.54) is 0 Å². The van der Waals surface area contributed by atoms with Crippen molar-refractivity contribution in [1.82, 2.24) is 14.9 Å². The second-order valence-electron chi connectivity index (χ2n) is 3.20. The second kappa shape index (κ2) is 5.00. The molecule has 0 saturated heterocycles. The molecule has 1 aromatic heterocycles. The average Bonchev–Trinajstić information content (AvgIpc) is 2.51. The molecule has 1 heterocycles. The molecule has 0 amide bonds. The van der Waals surface area contributed by atoms with Crippen LogP contribution in [0.3, 0.4) is 0 Å². The first kappa shape index (κ1) is 11.8. The Morgan fingerprint density at radius 1 is 1.40 bits per heavy atom. The van der Waals surface area contributed by atoms with Crippen molar-refractivity contribution in [2.45, 2.75) is 6.54 Å². The van der Waals surface area contributed by atoms with E-state index in [-0.39, 0.29) is 18.1 Å². The predicted molar refractivity (Wildman–Crippen MR) is 63.7 cm³/mol. The van der Waals surface area contributed by atoms with Gasteiger partial charge in [-0.3, -0.25) is 4.57 Å². The number of nitrogens with one attached hydrogen (secondary N) is 2. The van der Waals surface area contributed by atoms with Gasteiger partial charge in [-0.1, -0.05) is 12.1 Å². The van der Waals surface area contributed by atoms with Gasteiger partial charge >= 0.3 is 5.69 Å². The number of aromatic amines is 1. The van der Waals surface area contributed by atoms with Crippen molar-refractivity contribution in [2.75, 3.05) is 13.6 Å². The number of H-pyrrole nitrogens is 1. The molecule has 0 radical (unpaired) electrons. The molecular weight excluding hydrogens is 214 g/mol. The van der Waals surface area contributed by atoms with Crippen LogP contribution in [0.4, 0.5) is 0 Å². The maximum atomic E-state index is 11.5. The molecule has 0 atom stereocenters. The molecule has 4 nitrogen and oxygen atoms in total. The summed E-state index contributed by atoms with van der Waals surface area (Å²) in [5.41, 5.74) is 1.82. The highest BCUT2D eigenvalue weighted by atomic mass is 35.5. The number of nitrogens with zero attached hydrogens (tertiary/aromatic N) is 1. The summed E-state index contributed by atoms with van der Waals surface area (Å²) in [7, 11) is 1.87. The zero-order chi connectivity index (χ0) is 9.97. The van der Waals surface area contributed by atoms with Gasteiger partial charge in [0, 0.05) is 13.1 Å². The summed E-state index contributed by atoms with van der Waals surface area (Å²) in [6, 6.07) is 7.71. The van der Waals surface area contributed by atoms with Gasteiger partial charge < -0.3 is 10.3 Å². The molecule has 0 fully saturated rings.